The molecule has 6 aliphatic heterocycles. The summed E-state index contributed by atoms with van der Waals surface area (Å²) in [4.78, 5) is 128. The van der Waals surface area contributed by atoms with Crippen molar-refractivity contribution in [1.29, 1.82) is 0 Å². The molecule has 50 nitrogen and oxygen atoms in total. The van der Waals surface area contributed by atoms with Gasteiger partial charge in [0.15, 0.2) is 65.8 Å². The van der Waals surface area contributed by atoms with Gasteiger partial charge >= 0.3 is 11.4 Å². The molecule has 6 saturated heterocycles. The topological polar surface area (TPSA) is 659 Å². The standard InChI is InChI=1S/C61H85N21O29P4S3/c1-26-15-78(59(85)74-46(26)62)54-41(95-11-8-92-5)38(83)31(104-54)17-99-113(89,116)110-40-33(106-56(43(40)97-13-10-94-7)82-25-73-37-52(82)76-58(66)77-53(37)84)19-100-114(90,117)109-39-32(105-55(42(39)96-12-9-93-6)81-24-72-36-49(65)68-22-70-51(36)81)18-98-112(87,88)111-45-44-57(79-16-27(2)47(63)75-60(79)86)107-61(45,29(4)103-44)20-101-115(91,118)108-30-14-34(102-28(30)3)80-23-71-35-48(64)67-21-69-50(35)80/h15-16,21-25,28-34,38-45,54-57,83H,8-14,17-20H2,1-7H3,(H,87,88)(H,89,116)(H,90,117)(H,91,118)(H2,62,74,85)(H2,63,75,86)(H2,64,67,69)(H2,65,68,70)(H3,66,76,77,84)/p-4/t28-,29+,30?,31-,32-,33-,34-,38?,39?,40?,41+,42+,43+,44+,45?,54-,55-,56-,57-,61+,113?,114?,115?/m1/s1. The number of aromatic nitrogens is 16. The van der Waals surface area contributed by atoms with Gasteiger partial charge in [-0.25, -0.2) is 44.5 Å². The summed E-state index contributed by atoms with van der Waals surface area (Å²) < 4.78 is 157. The number of hydrogen-bond donors (Lipinski definition) is 7. The van der Waals surface area contributed by atoms with E-state index >= 15 is 4.57 Å². The molecule has 0 radical (unpaired) electrons. The largest absolute Gasteiger partial charge is 0.780 e. The van der Waals surface area contributed by atoms with Gasteiger partial charge in [-0.1, -0.05) is 23.6 Å². The quantitative estimate of drug-likeness (QED) is 0.0118. The summed E-state index contributed by atoms with van der Waals surface area (Å²) in [6.45, 7) is -13.2. The van der Waals surface area contributed by atoms with Crippen molar-refractivity contribution in [3.8, 4) is 0 Å². The second-order valence-electron chi connectivity index (χ2n) is 27.6. The van der Waals surface area contributed by atoms with E-state index in [1.807, 2.05) is 0 Å². The number of hydrogen-bond acceptors (Lipinski definition) is 47. The number of ether oxygens (including phenoxy) is 12. The molecule has 0 amide bonds. The van der Waals surface area contributed by atoms with Gasteiger partial charge in [-0.2, -0.15) is 15.0 Å². The van der Waals surface area contributed by atoms with Gasteiger partial charge in [0.2, 0.25) is 5.95 Å². The number of aliphatic hydroxyl groups is 1. The highest BCUT2D eigenvalue weighted by molar-refractivity contribution is 8.32. The van der Waals surface area contributed by atoms with E-state index in [9.17, 15) is 38.7 Å². The minimum Gasteiger partial charge on any atom is -0.780 e. The number of aliphatic hydroxyl groups excluding tert-OH is 1. The normalized spacial score (nSPS) is 31.1. The van der Waals surface area contributed by atoms with Crippen molar-refractivity contribution in [2.45, 2.75) is 156 Å². The van der Waals surface area contributed by atoms with Crippen molar-refractivity contribution < 1.29 is 122 Å². The first-order valence-corrected chi connectivity index (χ1v) is 45.0. The van der Waals surface area contributed by atoms with E-state index in [-0.39, 0.29) is 103 Å². The predicted octanol–water partition coefficient (Wildman–Crippen LogP) is -2.75. The lowest BCUT2D eigenvalue weighted by molar-refractivity contribution is -0.244. The second-order valence-corrected chi connectivity index (χ2v) is 37.1. The van der Waals surface area contributed by atoms with E-state index in [2.05, 4.69) is 54.8 Å². The number of rotatable bonds is 37. The van der Waals surface area contributed by atoms with Crippen LogP contribution in [0.3, 0.4) is 0 Å². The van der Waals surface area contributed by atoms with E-state index in [4.69, 9.17) is 158 Å². The lowest BCUT2D eigenvalue weighted by atomic mass is 9.94. The van der Waals surface area contributed by atoms with Gasteiger partial charge in [0, 0.05) is 51.3 Å². The maximum atomic E-state index is 15.4. The molecule has 0 aliphatic carbocycles. The number of nitrogen functional groups attached to an aromatic ring is 5. The monoisotopic (exact) mass is 1790 g/mol. The van der Waals surface area contributed by atoms with Crippen LogP contribution in [0.4, 0.5) is 29.2 Å². The zero-order valence-corrected chi connectivity index (χ0v) is 69.3. The number of aromatic amines is 1. The summed E-state index contributed by atoms with van der Waals surface area (Å²) in [5, 5.41) is 11.7. The number of methoxy groups -OCH3 is 3. The highest BCUT2D eigenvalue weighted by atomic mass is 32.7. The Bertz CT molecular complexity index is 5370. The number of nitrogens with one attached hydrogen (secondary N) is 1. The molecule has 24 atom stereocenters. The minimum atomic E-state index is -5.91. The van der Waals surface area contributed by atoms with Gasteiger partial charge in [-0.3, -0.25) is 41.7 Å². The summed E-state index contributed by atoms with van der Waals surface area (Å²) in [6, 6.07) is 0. The van der Waals surface area contributed by atoms with Crippen LogP contribution in [0.5, 0.6) is 0 Å². The average molecular weight is 1790 g/mol. The Morgan fingerprint density at radius 3 is 1.66 bits per heavy atom. The third-order valence-electron chi connectivity index (χ3n) is 20.1. The molecule has 2 bridgehead atoms. The third kappa shape index (κ3) is 18.2. The summed E-state index contributed by atoms with van der Waals surface area (Å²) >= 11 is 16.8. The van der Waals surface area contributed by atoms with Crippen molar-refractivity contribution in [2.75, 3.05) is 116 Å². The Balaban J connectivity index is 0.744. The first-order chi connectivity index (χ1) is 56.1. The van der Waals surface area contributed by atoms with Crippen molar-refractivity contribution in [3.05, 3.63) is 86.5 Å². The summed E-state index contributed by atoms with van der Waals surface area (Å²) in [7, 11) is -1.77. The van der Waals surface area contributed by atoms with Crippen molar-refractivity contribution >= 4 is 127 Å². The van der Waals surface area contributed by atoms with E-state index < -0.39 is 194 Å². The van der Waals surface area contributed by atoms with Gasteiger partial charge in [-0.05, 0) is 27.7 Å². The first kappa shape index (κ1) is 87.7. The van der Waals surface area contributed by atoms with Crippen LogP contribution in [-0.4, -0.2) is 261 Å². The van der Waals surface area contributed by atoms with Crippen LogP contribution >= 0.6 is 28.1 Å². The molecule has 6 aliphatic rings. The van der Waals surface area contributed by atoms with Crippen LogP contribution in [0.15, 0.2) is 58.4 Å². The number of phosphoric acid groups is 1. The Labute approximate surface area is 681 Å². The maximum absolute atomic E-state index is 15.4. The predicted molar refractivity (Wildman–Crippen MR) is 406 cm³/mol. The van der Waals surface area contributed by atoms with Gasteiger partial charge in [0.1, 0.15) is 128 Å². The fraction of sp³-hybridized carbons (Fsp3) is 0.623. The fourth-order valence-corrected chi connectivity index (χ4v) is 19.6. The van der Waals surface area contributed by atoms with Crippen LogP contribution in [0.25, 0.3) is 33.5 Å². The molecule has 9 unspecified atom stereocenters. The van der Waals surface area contributed by atoms with Gasteiger partial charge in [-0.15, -0.1) is 0 Å². The molecule has 118 heavy (non-hydrogen) atoms. The molecule has 646 valence electrons. The van der Waals surface area contributed by atoms with E-state index in [1.54, 1.807) is 18.4 Å². The van der Waals surface area contributed by atoms with Crippen LogP contribution < -0.4 is 60.3 Å². The van der Waals surface area contributed by atoms with Gasteiger partial charge < -0.3 is 154 Å². The lowest BCUT2D eigenvalue weighted by Gasteiger charge is -2.40. The molecule has 14 heterocycles. The zero-order chi connectivity index (χ0) is 84.2. The summed E-state index contributed by atoms with van der Waals surface area (Å²) in [5.41, 5.74) is 26.5. The molecule has 8 aromatic rings. The number of aryl methyl sites for hydroxylation is 2. The second kappa shape index (κ2) is 35.7. The number of fused-ring (bicyclic) bond motifs is 5. The molecule has 0 spiro atoms. The third-order valence-corrected chi connectivity index (χ3v) is 25.7. The van der Waals surface area contributed by atoms with Crippen molar-refractivity contribution in [2.24, 2.45) is 0 Å². The van der Waals surface area contributed by atoms with Crippen molar-refractivity contribution in [1.82, 2.24) is 77.7 Å². The van der Waals surface area contributed by atoms with Gasteiger partial charge in [0.05, 0.1) is 103 Å². The minimum absolute atomic E-state index is 0.0358. The SMILES string of the molecule is COCCO[C@H]1C(O)[C@@H](COP([O-])(=S)OC2[C@@H](COP(=O)([S-])OC3[C@@H](COP(=O)([O-])OC4[C@@H]5O[C@@H](C)[C@]4(COP([O-])(=S)OC4C[C@H](n6cnc7c(N)ncnc76)O[C@@H]4C)O[C@H]5n4cc(C)c(N)nc4=O)O[C@@H](n4cnc5c(N)ncnc54)[C@H]3OCCOC)O[C@@H](n3cnc4c(=O)[nH]c(N)nc43)[C@H]2OCCOC)O[C@H]1n1cc(C)c(N)nc1=O. The first-order valence-electron chi connectivity index (χ1n) is 35.9. The molecule has 0 saturated carbocycles. The lowest BCUT2D eigenvalue weighted by Crippen LogP contribution is -2.51. The highest BCUT2D eigenvalue weighted by Gasteiger charge is 2.68. The molecule has 6 fully saturated rings. The van der Waals surface area contributed by atoms with Crippen LogP contribution in [0.1, 0.15) is 62.5 Å². The summed E-state index contributed by atoms with van der Waals surface area (Å²) in [5.74, 6) is -0.521. The average Bonchev–Trinajstić information content (AvgIpc) is 1.55. The molecule has 14 rings (SSSR count). The van der Waals surface area contributed by atoms with Crippen LogP contribution in [0.2, 0.25) is 0 Å². The Morgan fingerprint density at radius 2 is 1.07 bits per heavy atom. The van der Waals surface area contributed by atoms with Crippen molar-refractivity contribution in [3.63, 3.8) is 0 Å². The van der Waals surface area contributed by atoms with E-state index in [0.717, 1.165) is 21.8 Å². The van der Waals surface area contributed by atoms with Crippen LogP contribution in [0, 0.1) is 13.8 Å². The number of anilines is 5. The fourth-order valence-electron chi connectivity index (χ4n) is 14.3. The Kier molecular flexibility index (Phi) is 26.5. The molecule has 8 aromatic heterocycles. The number of H-pyrrole nitrogens is 1. The Hall–Kier alpha value is -6.64. The molecule has 57 heteroatoms. The van der Waals surface area contributed by atoms with E-state index in [0.29, 0.717) is 16.7 Å². The van der Waals surface area contributed by atoms with Crippen LogP contribution in [-0.2, 0) is 138 Å². The number of nitrogens with two attached hydrogens (primary N) is 5. The Morgan fingerprint density at radius 1 is 0.568 bits per heavy atom. The van der Waals surface area contributed by atoms with Gasteiger partial charge in [0.25, 0.3) is 13.4 Å². The van der Waals surface area contributed by atoms with E-state index in [1.165, 1.54) is 75.7 Å². The summed E-state index contributed by atoms with van der Waals surface area (Å²) in [6.07, 6.45) is -18.9. The number of imidazole rings is 3. The number of phosphoric ester groups is 1. The smallest absolute Gasteiger partial charge is 0.351 e. The zero-order valence-electron chi connectivity index (χ0n) is 63.3. The highest BCUT2D eigenvalue weighted by Crippen LogP contribution is 2.59. The molecular formula is C61H81N21O29P4S3-4. The maximum Gasteiger partial charge on any atom is 0.351 e. The molecule has 0 aromatic carbocycles. The number of nitrogens with zero attached hydrogens (tertiary/aromatic N) is 15. The molecule has 12 N–H and O–H groups in total. The molecular weight excluding hydrogens is 1710 g/mol.